The van der Waals surface area contributed by atoms with Gasteiger partial charge in [0.1, 0.15) is 0 Å². The Balaban J connectivity index is 3.18. The van der Waals surface area contributed by atoms with Crippen LogP contribution in [0.15, 0.2) is 12.1 Å². The number of benzene rings is 1. The van der Waals surface area contributed by atoms with Crippen molar-refractivity contribution in [3.8, 4) is 17.6 Å². The summed E-state index contributed by atoms with van der Waals surface area (Å²) < 4.78 is 25.6. The number of hydrogen-bond donors (Lipinski definition) is 2. The molecule has 0 bridgehead atoms. The zero-order valence-electron chi connectivity index (χ0n) is 6.64. The highest BCUT2D eigenvalue weighted by Gasteiger charge is 2.10. The Morgan fingerprint density at radius 3 is 2.62 bits per heavy atom. The first-order valence-corrected chi connectivity index (χ1v) is 3.52. The van der Waals surface area contributed by atoms with Gasteiger partial charge < -0.3 is 10.8 Å². The maximum Gasteiger partial charge on any atom is 0.201 e. The van der Waals surface area contributed by atoms with Crippen molar-refractivity contribution >= 4 is 0 Å². The molecule has 0 saturated heterocycles. The van der Waals surface area contributed by atoms with E-state index in [-0.39, 0.29) is 12.1 Å². The van der Waals surface area contributed by atoms with Gasteiger partial charge in [-0.3, -0.25) is 0 Å². The molecule has 4 heteroatoms. The zero-order chi connectivity index (χ0) is 9.84. The van der Waals surface area contributed by atoms with Crippen molar-refractivity contribution in [2.45, 2.75) is 0 Å². The van der Waals surface area contributed by atoms with E-state index in [1.54, 1.807) is 0 Å². The van der Waals surface area contributed by atoms with E-state index in [0.29, 0.717) is 0 Å². The van der Waals surface area contributed by atoms with Crippen LogP contribution in [0.2, 0.25) is 0 Å². The summed E-state index contributed by atoms with van der Waals surface area (Å²) in [7, 11) is 0. The fourth-order valence-corrected chi connectivity index (χ4v) is 0.782. The highest BCUT2D eigenvalue weighted by atomic mass is 19.2. The number of halogens is 2. The molecular weight excluding hydrogens is 176 g/mol. The van der Waals surface area contributed by atoms with Crippen molar-refractivity contribution in [1.82, 2.24) is 0 Å². The van der Waals surface area contributed by atoms with Gasteiger partial charge in [0.15, 0.2) is 11.6 Å². The van der Waals surface area contributed by atoms with E-state index in [0.717, 1.165) is 6.07 Å². The molecule has 0 heterocycles. The lowest BCUT2D eigenvalue weighted by Gasteiger charge is -1.97. The van der Waals surface area contributed by atoms with Crippen molar-refractivity contribution in [3.05, 3.63) is 29.3 Å². The smallest absolute Gasteiger partial charge is 0.201 e. The van der Waals surface area contributed by atoms with Crippen molar-refractivity contribution in [3.63, 3.8) is 0 Å². The molecule has 0 aromatic heterocycles. The SMILES string of the molecule is NCC#Cc1ccc(O)c(F)c1F. The number of nitrogens with two attached hydrogens (primary N) is 1. The third-order valence-corrected chi connectivity index (χ3v) is 1.39. The average molecular weight is 183 g/mol. The number of phenols is 1. The molecule has 0 radical (unpaired) electrons. The quantitative estimate of drug-likeness (QED) is 0.589. The predicted octanol–water partition coefficient (Wildman–Crippen LogP) is 0.981. The Morgan fingerprint density at radius 1 is 1.31 bits per heavy atom. The van der Waals surface area contributed by atoms with Crippen LogP contribution in [0.4, 0.5) is 8.78 Å². The van der Waals surface area contributed by atoms with Gasteiger partial charge in [0.05, 0.1) is 12.1 Å². The molecule has 1 rings (SSSR count). The lowest BCUT2D eigenvalue weighted by Crippen LogP contribution is -1.94. The van der Waals surface area contributed by atoms with Crippen LogP contribution in [0.1, 0.15) is 5.56 Å². The second-order valence-electron chi connectivity index (χ2n) is 2.27. The van der Waals surface area contributed by atoms with E-state index < -0.39 is 17.4 Å². The molecule has 0 aliphatic carbocycles. The van der Waals surface area contributed by atoms with E-state index >= 15 is 0 Å². The number of rotatable bonds is 0. The van der Waals surface area contributed by atoms with Crippen LogP contribution in [-0.2, 0) is 0 Å². The normalized spacial score (nSPS) is 9.15. The fraction of sp³-hybridized carbons (Fsp3) is 0.111. The van der Waals surface area contributed by atoms with E-state index in [1.165, 1.54) is 6.07 Å². The molecule has 1 aromatic carbocycles. The molecule has 0 unspecified atom stereocenters. The standard InChI is InChI=1S/C9H7F2NO/c10-8-6(2-1-5-12)3-4-7(13)9(8)11/h3-4,13H,5,12H2. The minimum absolute atomic E-state index is 0.0714. The van der Waals surface area contributed by atoms with Crippen molar-refractivity contribution in [1.29, 1.82) is 0 Å². The highest BCUT2D eigenvalue weighted by molar-refractivity contribution is 5.40. The van der Waals surface area contributed by atoms with Crippen LogP contribution in [-0.4, -0.2) is 11.7 Å². The van der Waals surface area contributed by atoms with Gasteiger partial charge in [-0.25, -0.2) is 4.39 Å². The lowest BCUT2D eigenvalue weighted by atomic mass is 10.2. The molecule has 68 valence electrons. The highest BCUT2D eigenvalue weighted by Crippen LogP contribution is 2.20. The van der Waals surface area contributed by atoms with Crippen molar-refractivity contribution in [2.75, 3.05) is 6.54 Å². The van der Waals surface area contributed by atoms with Gasteiger partial charge in [-0.2, -0.15) is 4.39 Å². The first-order valence-electron chi connectivity index (χ1n) is 3.52. The summed E-state index contributed by atoms with van der Waals surface area (Å²) in [6.07, 6.45) is 0. The molecule has 2 nitrogen and oxygen atoms in total. The van der Waals surface area contributed by atoms with E-state index in [4.69, 9.17) is 10.8 Å². The van der Waals surface area contributed by atoms with Crippen molar-refractivity contribution in [2.24, 2.45) is 5.73 Å². The van der Waals surface area contributed by atoms with Crippen LogP contribution in [0.25, 0.3) is 0 Å². The minimum atomic E-state index is -1.29. The summed E-state index contributed by atoms with van der Waals surface area (Å²) in [5.41, 5.74) is 4.94. The van der Waals surface area contributed by atoms with Gasteiger partial charge in [-0.15, -0.1) is 0 Å². The van der Waals surface area contributed by atoms with Gasteiger partial charge in [-0.05, 0) is 12.1 Å². The molecule has 0 aliphatic heterocycles. The Kier molecular flexibility index (Phi) is 2.83. The van der Waals surface area contributed by atoms with Crippen LogP contribution < -0.4 is 5.73 Å². The van der Waals surface area contributed by atoms with Crippen molar-refractivity contribution < 1.29 is 13.9 Å². The fourth-order valence-electron chi connectivity index (χ4n) is 0.782. The van der Waals surface area contributed by atoms with Crippen LogP contribution in [0, 0.1) is 23.5 Å². The summed E-state index contributed by atoms with van der Waals surface area (Å²) in [5.74, 6) is 1.55. The molecule has 3 N–H and O–H groups in total. The Morgan fingerprint density at radius 2 is 2.00 bits per heavy atom. The molecule has 13 heavy (non-hydrogen) atoms. The Labute approximate surface area is 74.0 Å². The third-order valence-electron chi connectivity index (χ3n) is 1.39. The molecule has 0 spiro atoms. The van der Waals surface area contributed by atoms with E-state index in [9.17, 15) is 8.78 Å². The molecule has 1 aromatic rings. The molecule has 0 amide bonds. The number of aromatic hydroxyl groups is 1. The summed E-state index contributed by atoms with van der Waals surface area (Å²) in [6, 6.07) is 2.23. The topological polar surface area (TPSA) is 46.2 Å². The van der Waals surface area contributed by atoms with E-state index in [1.807, 2.05) is 0 Å². The summed E-state index contributed by atoms with van der Waals surface area (Å²) in [4.78, 5) is 0. The number of phenolic OH excluding ortho intramolecular Hbond substituents is 1. The summed E-state index contributed by atoms with van der Waals surface area (Å²) in [5, 5.41) is 8.76. The largest absolute Gasteiger partial charge is 0.505 e. The van der Waals surface area contributed by atoms with E-state index in [2.05, 4.69) is 11.8 Å². The minimum Gasteiger partial charge on any atom is -0.505 e. The lowest BCUT2D eigenvalue weighted by molar-refractivity contribution is 0.406. The molecule has 0 saturated carbocycles. The third kappa shape index (κ3) is 1.95. The molecular formula is C9H7F2NO. The van der Waals surface area contributed by atoms with Gasteiger partial charge in [0.25, 0.3) is 0 Å². The van der Waals surface area contributed by atoms with Gasteiger partial charge >= 0.3 is 0 Å². The first kappa shape index (κ1) is 9.49. The summed E-state index contributed by atoms with van der Waals surface area (Å²) >= 11 is 0. The van der Waals surface area contributed by atoms with Gasteiger partial charge in [0.2, 0.25) is 5.82 Å². The second kappa shape index (κ2) is 3.87. The van der Waals surface area contributed by atoms with Crippen LogP contribution in [0.5, 0.6) is 5.75 Å². The Bertz CT molecular complexity index is 379. The van der Waals surface area contributed by atoms with Gasteiger partial charge in [0, 0.05) is 0 Å². The maximum atomic E-state index is 12.9. The van der Waals surface area contributed by atoms with Crippen LogP contribution >= 0.6 is 0 Å². The molecule has 0 atom stereocenters. The molecule has 0 fully saturated rings. The predicted molar refractivity (Wildman–Crippen MR) is 44.0 cm³/mol. The Hall–Kier alpha value is -1.60. The average Bonchev–Trinajstić information content (AvgIpc) is 2.13. The first-order chi connectivity index (χ1) is 6.16. The summed E-state index contributed by atoms with van der Waals surface area (Å²) in [6.45, 7) is 0.0714. The van der Waals surface area contributed by atoms with Gasteiger partial charge in [-0.1, -0.05) is 11.8 Å². The second-order valence-corrected chi connectivity index (χ2v) is 2.27. The van der Waals surface area contributed by atoms with Crippen LogP contribution in [0.3, 0.4) is 0 Å². The monoisotopic (exact) mass is 183 g/mol. The molecule has 0 aliphatic rings. The number of hydrogen-bond acceptors (Lipinski definition) is 2. The zero-order valence-corrected chi connectivity index (χ0v) is 6.64. The maximum absolute atomic E-state index is 12.9.